The first kappa shape index (κ1) is 21.0. The van der Waals surface area contributed by atoms with Crippen LogP contribution >= 0.6 is 11.6 Å². The van der Waals surface area contributed by atoms with Crippen molar-refractivity contribution in [3.63, 3.8) is 0 Å². The van der Waals surface area contributed by atoms with Crippen LogP contribution in [-0.4, -0.2) is 18.1 Å². The Labute approximate surface area is 169 Å². The Balaban J connectivity index is 1.83. The van der Waals surface area contributed by atoms with Gasteiger partial charge in [-0.3, -0.25) is 10.1 Å². The van der Waals surface area contributed by atoms with E-state index in [-0.39, 0.29) is 22.8 Å². The Bertz CT molecular complexity index is 975. The van der Waals surface area contributed by atoms with E-state index < -0.39 is 29.8 Å². The number of alkyl carbamates (subject to hydrolysis) is 1. The standard InChI is InChI=1S/C20H17ClF3NO4/c1-3-11-7-13(5-4-12(11)8-17-18(26)25-19(27)29-17)28-16-6-10(2)14(9-15(16)21)20(22,23)24/h4-7,9,17H,3,8H2,1-2H3,(H,25,26,27). The fourth-order valence-electron chi connectivity index (χ4n) is 3.09. The summed E-state index contributed by atoms with van der Waals surface area (Å²) in [7, 11) is 0. The minimum absolute atomic E-state index is 0.00158. The molecule has 2 amide bonds. The summed E-state index contributed by atoms with van der Waals surface area (Å²) in [6.45, 7) is 3.24. The zero-order valence-corrected chi connectivity index (χ0v) is 16.3. The van der Waals surface area contributed by atoms with Gasteiger partial charge in [0.05, 0.1) is 10.6 Å². The molecule has 0 bridgehead atoms. The predicted molar refractivity (Wildman–Crippen MR) is 99.2 cm³/mol. The third-order valence-electron chi connectivity index (χ3n) is 4.54. The Morgan fingerprint density at radius 2 is 1.90 bits per heavy atom. The second-order valence-electron chi connectivity index (χ2n) is 6.57. The van der Waals surface area contributed by atoms with Gasteiger partial charge < -0.3 is 9.47 Å². The Morgan fingerprint density at radius 3 is 2.48 bits per heavy atom. The summed E-state index contributed by atoms with van der Waals surface area (Å²) in [4.78, 5) is 22.8. The molecule has 0 radical (unpaired) electrons. The molecule has 0 spiro atoms. The van der Waals surface area contributed by atoms with Gasteiger partial charge in [-0.05, 0) is 54.3 Å². The second kappa shape index (κ2) is 7.94. The molecule has 154 valence electrons. The first-order valence-electron chi connectivity index (χ1n) is 8.77. The lowest BCUT2D eigenvalue weighted by Crippen LogP contribution is -2.26. The van der Waals surface area contributed by atoms with Crippen LogP contribution < -0.4 is 10.1 Å². The van der Waals surface area contributed by atoms with Gasteiger partial charge in [0.15, 0.2) is 6.10 Å². The molecule has 5 nitrogen and oxygen atoms in total. The number of imide groups is 1. The normalized spacial score (nSPS) is 16.6. The van der Waals surface area contributed by atoms with E-state index in [0.717, 1.165) is 17.2 Å². The van der Waals surface area contributed by atoms with Crippen LogP contribution in [0.4, 0.5) is 18.0 Å². The van der Waals surface area contributed by atoms with Gasteiger partial charge in [-0.25, -0.2) is 4.79 Å². The van der Waals surface area contributed by atoms with Crippen molar-refractivity contribution in [2.45, 2.75) is 39.0 Å². The average molecular weight is 428 g/mol. The molecule has 1 N–H and O–H groups in total. The first-order chi connectivity index (χ1) is 13.6. The summed E-state index contributed by atoms with van der Waals surface area (Å²) in [5, 5.41) is 1.92. The number of hydrogen-bond acceptors (Lipinski definition) is 4. The molecule has 1 fully saturated rings. The molecular weight excluding hydrogens is 411 g/mol. The van der Waals surface area contributed by atoms with Crippen molar-refractivity contribution in [3.8, 4) is 11.5 Å². The van der Waals surface area contributed by atoms with Crippen molar-refractivity contribution in [2.24, 2.45) is 0 Å². The van der Waals surface area contributed by atoms with Crippen LogP contribution in [0.1, 0.15) is 29.2 Å². The lowest BCUT2D eigenvalue weighted by Gasteiger charge is -2.16. The summed E-state index contributed by atoms with van der Waals surface area (Å²) in [6.07, 6.45) is -5.36. The summed E-state index contributed by atoms with van der Waals surface area (Å²) in [5.74, 6) is -0.0000108. The predicted octanol–water partition coefficient (Wildman–Crippen LogP) is 5.20. The molecule has 1 aliphatic heterocycles. The number of cyclic esters (lactones) is 1. The molecule has 0 aromatic heterocycles. The van der Waals surface area contributed by atoms with Gasteiger partial charge in [0.2, 0.25) is 0 Å². The van der Waals surface area contributed by atoms with E-state index >= 15 is 0 Å². The highest BCUT2D eigenvalue weighted by Gasteiger charge is 2.34. The summed E-state index contributed by atoms with van der Waals surface area (Å²) >= 11 is 5.99. The number of benzene rings is 2. The SMILES string of the molecule is CCc1cc(Oc2cc(C)c(C(F)(F)F)cc2Cl)ccc1CC1OC(=O)NC1=O. The highest BCUT2D eigenvalue weighted by Crippen LogP contribution is 2.39. The molecular formula is C20H17ClF3NO4. The minimum atomic E-state index is -4.50. The Kier molecular flexibility index (Phi) is 5.75. The number of aryl methyl sites for hydroxylation is 2. The van der Waals surface area contributed by atoms with E-state index in [0.29, 0.717) is 12.2 Å². The van der Waals surface area contributed by atoms with Gasteiger partial charge in [0.25, 0.3) is 5.91 Å². The number of carbonyl (C=O) groups is 2. The molecule has 1 aliphatic rings. The fourth-order valence-corrected chi connectivity index (χ4v) is 3.29. The molecule has 1 unspecified atom stereocenters. The number of rotatable bonds is 5. The number of ether oxygens (including phenoxy) is 2. The van der Waals surface area contributed by atoms with Crippen molar-refractivity contribution in [3.05, 3.63) is 57.6 Å². The molecule has 1 saturated heterocycles. The summed E-state index contributed by atoms with van der Waals surface area (Å²) in [5.41, 5.74) is 0.824. The molecule has 9 heteroatoms. The molecule has 1 heterocycles. The number of nitrogens with one attached hydrogen (secondary N) is 1. The molecule has 29 heavy (non-hydrogen) atoms. The number of amides is 2. The summed E-state index contributed by atoms with van der Waals surface area (Å²) in [6, 6.07) is 7.14. The van der Waals surface area contributed by atoms with E-state index in [4.69, 9.17) is 21.1 Å². The lowest BCUT2D eigenvalue weighted by molar-refractivity contribution is -0.138. The maximum atomic E-state index is 13.0. The topological polar surface area (TPSA) is 64.6 Å². The van der Waals surface area contributed by atoms with Crippen molar-refractivity contribution in [1.29, 1.82) is 0 Å². The van der Waals surface area contributed by atoms with Gasteiger partial charge in [-0.15, -0.1) is 0 Å². The fraction of sp³-hybridized carbons (Fsp3) is 0.300. The van der Waals surface area contributed by atoms with Crippen LogP contribution in [0, 0.1) is 6.92 Å². The van der Waals surface area contributed by atoms with Gasteiger partial charge in [0, 0.05) is 6.42 Å². The van der Waals surface area contributed by atoms with E-state index in [1.54, 1.807) is 18.2 Å². The maximum absolute atomic E-state index is 13.0. The Morgan fingerprint density at radius 1 is 1.17 bits per heavy atom. The van der Waals surface area contributed by atoms with Crippen LogP contribution in [0.2, 0.25) is 5.02 Å². The first-order valence-corrected chi connectivity index (χ1v) is 9.14. The third-order valence-corrected chi connectivity index (χ3v) is 4.84. The van der Waals surface area contributed by atoms with Crippen molar-refractivity contribution < 1.29 is 32.2 Å². The monoisotopic (exact) mass is 427 g/mol. The zero-order valence-electron chi connectivity index (χ0n) is 15.5. The van der Waals surface area contributed by atoms with E-state index in [1.165, 1.54) is 13.0 Å². The van der Waals surface area contributed by atoms with Gasteiger partial charge in [-0.2, -0.15) is 13.2 Å². The quantitative estimate of drug-likeness (QED) is 0.712. The van der Waals surface area contributed by atoms with Crippen LogP contribution in [-0.2, 0) is 28.5 Å². The lowest BCUT2D eigenvalue weighted by atomic mass is 9.99. The maximum Gasteiger partial charge on any atom is 0.416 e. The van der Waals surface area contributed by atoms with Crippen LogP contribution in [0.5, 0.6) is 11.5 Å². The molecule has 1 atom stereocenters. The zero-order chi connectivity index (χ0) is 21.3. The van der Waals surface area contributed by atoms with Crippen molar-refractivity contribution in [2.75, 3.05) is 0 Å². The smallest absolute Gasteiger partial charge is 0.416 e. The van der Waals surface area contributed by atoms with E-state index in [9.17, 15) is 22.8 Å². The number of alkyl halides is 3. The number of hydrogen-bond donors (Lipinski definition) is 1. The van der Waals surface area contributed by atoms with Crippen molar-refractivity contribution >= 4 is 23.6 Å². The number of carbonyl (C=O) groups excluding carboxylic acids is 2. The van der Waals surface area contributed by atoms with Crippen LogP contribution in [0.25, 0.3) is 0 Å². The average Bonchev–Trinajstić information content (AvgIpc) is 2.95. The molecule has 3 rings (SSSR count). The molecule has 2 aromatic rings. The summed E-state index contributed by atoms with van der Waals surface area (Å²) < 4.78 is 49.6. The molecule has 0 aliphatic carbocycles. The third kappa shape index (κ3) is 4.64. The number of halogens is 4. The minimum Gasteiger partial charge on any atom is -0.456 e. The molecule has 0 saturated carbocycles. The largest absolute Gasteiger partial charge is 0.456 e. The van der Waals surface area contributed by atoms with Gasteiger partial charge in [-0.1, -0.05) is 24.6 Å². The van der Waals surface area contributed by atoms with Crippen LogP contribution in [0.3, 0.4) is 0 Å². The molecule has 2 aromatic carbocycles. The van der Waals surface area contributed by atoms with Gasteiger partial charge >= 0.3 is 12.3 Å². The highest BCUT2D eigenvalue weighted by atomic mass is 35.5. The highest BCUT2D eigenvalue weighted by molar-refractivity contribution is 6.32. The van der Waals surface area contributed by atoms with Crippen molar-refractivity contribution in [1.82, 2.24) is 5.32 Å². The van der Waals surface area contributed by atoms with Crippen LogP contribution in [0.15, 0.2) is 30.3 Å². The van der Waals surface area contributed by atoms with E-state index in [1.807, 2.05) is 6.92 Å². The van der Waals surface area contributed by atoms with Gasteiger partial charge in [0.1, 0.15) is 11.5 Å². The second-order valence-corrected chi connectivity index (χ2v) is 6.98. The Hall–Kier alpha value is -2.74. The van der Waals surface area contributed by atoms with E-state index in [2.05, 4.69) is 5.32 Å².